The molecule has 1 unspecified atom stereocenters. The predicted octanol–water partition coefficient (Wildman–Crippen LogP) is 5.52. The van der Waals surface area contributed by atoms with E-state index in [1.165, 1.54) is 16.7 Å². The summed E-state index contributed by atoms with van der Waals surface area (Å²) in [5, 5.41) is 6.34. The molecule has 1 saturated heterocycles. The summed E-state index contributed by atoms with van der Waals surface area (Å²) in [6, 6.07) is 24.7. The number of anilines is 3. The first-order chi connectivity index (χ1) is 15.0. The summed E-state index contributed by atoms with van der Waals surface area (Å²) in [5.74, 6) is -0.342. The molecule has 156 valence electrons. The van der Waals surface area contributed by atoms with Crippen LogP contribution in [-0.4, -0.2) is 22.2 Å². The van der Waals surface area contributed by atoms with E-state index >= 15 is 0 Å². The fourth-order valence-electron chi connectivity index (χ4n) is 3.15. The lowest BCUT2D eigenvalue weighted by Crippen LogP contribution is -2.31. The molecule has 0 saturated carbocycles. The first kappa shape index (κ1) is 21.8. The highest BCUT2D eigenvalue weighted by atomic mass is 127. The zero-order chi connectivity index (χ0) is 21.8. The summed E-state index contributed by atoms with van der Waals surface area (Å²) in [7, 11) is 0. The van der Waals surface area contributed by atoms with Gasteiger partial charge < -0.3 is 10.6 Å². The number of carbonyl (C=O) groups is 2. The minimum absolute atomic E-state index is 0.167. The summed E-state index contributed by atoms with van der Waals surface area (Å²) in [6.07, 6.45) is 0.195. The molecule has 1 aliphatic rings. The number of amides is 2. The maximum atomic E-state index is 12.8. The molecule has 0 bridgehead atoms. The van der Waals surface area contributed by atoms with Crippen molar-refractivity contribution in [1.29, 1.82) is 0 Å². The molecule has 1 fully saturated rings. The van der Waals surface area contributed by atoms with Gasteiger partial charge in [0.2, 0.25) is 11.8 Å². The van der Waals surface area contributed by atoms with Crippen LogP contribution in [0, 0.1) is 3.57 Å². The third-order valence-corrected chi connectivity index (χ3v) is 6.73. The van der Waals surface area contributed by atoms with Gasteiger partial charge in [-0.05, 0) is 95.5 Å². The predicted molar refractivity (Wildman–Crippen MR) is 139 cm³/mol. The zero-order valence-electron chi connectivity index (χ0n) is 16.2. The molecule has 1 atom stereocenters. The number of thioether (sulfide) groups is 1. The van der Waals surface area contributed by atoms with Gasteiger partial charge in [-0.25, -0.2) is 4.90 Å². The van der Waals surface area contributed by atoms with E-state index in [4.69, 9.17) is 12.2 Å². The first-order valence-electron chi connectivity index (χ1n) is 9.52. The van der Waals surface area contributed by atoms with Crippen LogP contribution in [0.15, 0.2) is 83.8 Å². The number of hydrogen-bond donors (Lipinski definition) is 2. The summed E-state index contributed by atoms with van der Waals surface area (Å²) >= 11 is 8.95. The Kier molecular flexibility index (Phi) is 6.89. The van der Waals surface area contributed by atoms with Crippen LogP contribution in [0.2, 0.25) is 0 Å². The topological polar surface area (TPSA) is 61.4 Å². The summed E-state index contributed by atoms with van der Waals surface area (Å²) in [6.45, 7) is 0. The van der Waals surface area contributed by atoms with Crippen molar-refractivity contribution in [3.63, 3.8) is 0 Å². The third-order valence-electron chi connectivity index (χ3n) is 4.61. The fourth-order valence-corrected chi connectivity index (χ4v) is 4.80. The van der Waals surface area contributed by atoms with E-state index in [1.54, 1.807) is 12.1 Å². The van der Waals surface area contributed by atoms with Gasteiger partial charge in [0.05, 0.1) is 10.9 Å². The lowest BCUT2D eigenvalue weighted by Gasteiger charge is -2.15. The van der Waals surface area contributed by atoms with Gasteiger partial charge in [0.25, 0.3) is 0 Å². The maximum Gasteiger partial charge on any atom is 0.247 e. The number of halogens is 1. The van der Waals surface area contributed by atoms with Crippen molar-refractivity contribution in [2.75, 3.05) is 15.5 Å². The number of rotatable bonds is 5. The molecule has 2 amide bonds. The quantitative estimate of drug-likeness (QED) is 0.244. The number of carbonyl (C=O) groups excluding carboxylic acids is 2. The van der Waals surface area contributed by atoms with Crippen molar-refractivity contribution in [3.8, 4) is 0 Å². The molecular weight excluding hydrogens is 541 g/mol. The van der Waals surface area contributed by atoms with Crippen molar-refractivity contribution in [1.82, 2.24) is 0 Å². The fraction of sp³-hybridized carbons (Fsp3) is 0.0870. The minimum Gasteiger partial charge on any atom is -0.332 e. The van der Waals surface area contributed by atoms with E-state index in [0.29, 0.717) is 10.8 Å². The molecule has 3 aromatic carbocycles. The molecule has 1 aliphatic heterocycles. The highest BCUT2D eigenvalue weighted by Crippen LogP contribution is 2.34. The number of imide groups is 1. The van der Waals surface area contributed by atoms with Crippen LogP contribution in [0.1, 0.15) is 6.42 Å². The Hall–Kier alpha value is -2.43. The van der Waals surface area contributed by atoms with E-state index in [1.807, 2.05) is 66.7 Å². The molecule has 4 rings (SSSR count). The van der Waals surface area contributed by atoms with Crippen molar-refractivity contribution in [2.24, 2.45) is 0 Å². The van der Waals surface area contributed by atoms with Gasteiger partial charge in [-0.15, -0.1) is 11.8 Å². The number of hydrogen-bond acceptors (Lipinski definition) is 4. The van der Waals surface area contributed by atoms with Crippen LogP contribution in [0.5, 0.6) is 0 Å². The van der Waals surface area contributed by atoms with Gasteiger partial charge in [0.15, 0.2) is 5.11 Å². The average Bonchev–Trinajstić information content (AvgIpc) is 3.04. The number of thiocarbonyl (C=S) groups is 1. The summed E-state index contributed by atoms with van der Waals surface area (Å²) < 4.78 is 1.05. The van der Waals surface area contributed by atoms with Gasteiger partial charge >= 0.3 is 0 Å². The lowest BCUT2D eigenvalue weighted by atomic mass is 10.3. The first-order valence-corrected chi connectivity index (χ1v) is 11.9. The molecule has 1 heterocycles. The van der Waals surface area contributed by atoms with Crippen LogP contribution < -0.4 is 15.5 Å². The summed E-state index contributed by atoms with van der Waals surface area (Å²) in [5.41, 5.74) is 2.37. The van der Waals surface area contributed by atoms with Gasteiger partial charge in [-0.3, -0.25) is 9.59 Å². The van der Waals surface area contributed by atoms with Crippen LogP contribution in [-0.2, 0) is 9.59 Å². The highest BCUT2D eigenvalue weighted by Gasteiger charge is 2.40. The molecule has 31 heavy (non-hydrogen) atoms. The van der Waals surface area contributed by atoms with Crippen molar-refractivity contribution < 1.29 is 9.59 Å². The molecule has 5 nitrogen and oxygen atoms in total. The second-order valence-corrected chi connectivity index (χ2v) is 9.75. The second-order valence-electron chi connectivity index (χ2n) is 6.82. The molecular formula is C23H18IN3O2S2. The van der Waals surface area contributed by atoms with Crippen LogP contribution in [0.3, 0.4) is 0 Å². The average molecular weight is 559 g/mol. The van der Waals surface area contributed by atoms with E-state index < -0.39 is 5.25 Å². The van der Waals surface area contributed by atoms with E-state index in [9.17, 15) is 9.59 Å². The summed E-state index contributed by atoms with van der Waals surface area (Å²) in [4.78, 5) is 27.5. The molecule has 2 N–H and O–H groups in total. The number of nitrogens with zero attached hydrogens (tertiary/aromatic N) is 1. The Morgan fingerprint density at radius 1 is 0.903 bits per heavy atom. The van der Waals surface area contributed by atoms with Crippen molar-refractivity contribution >= 4 is 80.6 Å². The molecule has 3 aromatic rings. The van der Waals surface area contributed by atoms with Crippen molar-refractivity contribution in [2.45, 2.75) is 16.6 Å². The van der Waals surface area contributed by atoms with E-state index in [0.717, 1.165) is 19.8 Å². The zero-order valence-corrected chi connectivity index (χ0v) is 20.0. The smallest absolute Gasteiger partial charge is 0.247 e. The third kappa shape index (κ3) is 5.44. The molecule has 0 spiro atoms. The maximum absolute atomic E-state index is 12.8. The number of nitrogens with one attached hydrogen (secondary N) is 2. The standard InChI is InChI=1S/C23H18IN3O2S2/c24-15-6-10-18(11-7-15)27-21(28)14-20(22(27)29)31-19-12-8-17(9-13-19)26-23(30)25-16-4-2-1-3-5-16/h1-13,20H,14H2,(H2,25,26,30). The highest BCUT2D eigenvalue weighted by molar-refractivity contribution is 14.1. The molecule has 0 aromatic heterocycles. The second kappa shape index (κ2) is 9.80. The number of benzene rings is 3. The monoisotopic (exact) mass is 559 g/mol. The Morgan fingerprint density at radius 3 is 2.16 bits per heavy atom. The van der Waals surface area contributed by atoms with E-state index in [2.05, 4.69) is 33.2 Å². The van der Waals surface area contributed by atoms with Gasteiger partial charge in [0, 0.05) is 26.3 Å². The van der Waals surface area contributed by atoms with Crippen molar-refractivity contribution in [3.05, 3.63) is 82.4 Å². The van der Waals surface area contributed by atoms with Gasteiger partial charge in [-0.1, -0.05) is 18.2 Å². The normalized spacial score (nSPS) is 15.8. The number of para-hydroxylation sites is 1. The molecule has 0 aliphatic carbocycles. The van der Waals surface area contributed by atoms with Crippen LogP contribution >= 0.6 is 46.6 Å². The SMILES string of the molecule is O=C1CC(Sc2ccc(NC(=S)Nc3ccccc3)cc2)C(=O)N1c1ccc(I)cc1. The molecule has 0 radical (unpaired) electrons. The minimum atomic E-state index is -0.425. The van der Waals surface area contributed by atoms with Crippen LogP contribution in [0.25, 0.3) is 0 Å². The Balaban J connectivity index is 1.36. The largest absolute Gasteiger partial charge is 0.332 e. The van der Waals surface area contributed by atoms with Gasteiger partial charge in [0.1, 0.15) is 0 Å². The van der Waals surface area contributed by atoms with E-state index in [-0.39, 0.29) is 18.2 Å². The lowest BCUT2D eigenvalue weighted by molar-refractivity contribution is -0.121. The Labute approximate surface area is 203 Å². The Bertz CT molecular complexity index is 1110. The molecule has 8 heteroatoms. The van der Waals surface area contributed by atoms with Gasteiger partial charge in [-0.2, -0.15) is 0 Å². The Morgan fingerprint density at radius 2 is 1.52 bits per heavy atom. The van der Waals surface area contributed by atoms with Crippen LogP contribution in [0.4, 0.5) is 17.1 Å².